The number of ether oxygens (including phenoxy) is 1. The topological polar surface area (TPSA) is 49.9 Å². The molecule has 0 bridgehead atoms. The summed E-state index contributed by atoms with van der Waals surface area (Å²) in [5.74, 6) is 0.280. The van der Waals surface area contributed by atoms with Crippen LogP contribution in [0.1, 0.15) is 57.6 Å². The van der Waals surface area contributed by atoms with E-state index in [4.69, 9.17) is 4.74 Å². The standard InChI is InChI=1S/C24H32N2O3/c1-3-25(4-2)15-10-16-26-21(17-11-6-5-7-12-17)20-22(27)18-13-8-9-14-19(18)29-23(20)24(26)28/h5-7,11-12,18-19,21H,3-4,8-10,13-16H2,1-2H3. The van der Waals surface area contributed by atoms with E-state index in [-0.39, 0.29) is 29.8 Å². The van der Waals surface area contributed by atoms with Gasteiger partial charge in [-0.25, -0.2) is 0 Å². The maximum absolute atomic E-state index is 13.5. The molecule has 5 heteroatoms. The van der Waals surface area contributed by atoms with Gasteiger partial charge in [0, 0.05) is 6.54 Å². The molecule has 4 rings (SSSR count). The third kappa shape index (κ3) is 3.73. The first-order valence-corrected chi connectivity index (χ1v) is 11.2. The van der Waals surface area contributed by atoms with Crippen molar-refractivity contribution in [1.82, 2.24) is 9.80 Å². The predicted molar refractivity (Wildman–Crippen MR) is 112 cm³/mol. The Balaban J connectivity index is 1.63. The molecule has 0 saturated heterocycles. The van der Waals surface area contributed by atoms with Gasteiger partial charge in [-0.3, -0.25) is 9.59 Å². The quantitative estimate of drug-likeness (QED) is 0.705. The zero-order chi connectivity index (χ0) is 20.4. The summed E-state index contributed by atoms with van der Waals surface area (Å²) >= 11 is 0. The fraction of sp³-hybridized carbons (Fsp3) is 0.583. The first-order valence-electron chi connectivity index (χ1n) is 11.2. The Hall–Kier alpha value is -2.14. The lowest BCUT2D eigenvalue weighted by molar-refractivity contribution is -0.135. The van der Waals surface area contributed by atoms with Gasteiger partial charge in [0.05, 0.1) is 17.5 Å². The summed E-state index contributed by atoms with van der Waals surface area (Å²) in [5.41, 5.74) is 1.60. The molecule has 156 valence electrons. The van der Waals surface area contributed by atoms with E-state index in [0.717, 1.165) is 57.3 Å². The van der Waals surface area contributed by atoms with Gasteiger partial charge in [-0.2, -0.15) is 0 Å². The smallest absolute Gasteiger partial charge is 0.290 e. The zero-order valence-electron chi connectivity index (χ0n) is 17.6. The molecular weight excluding hydrogens is 364 g/mol. The Morgan fingerprint density at radius 3 is 2.52 bits per heavy atom. The molecule has 29 heavy (non-hydrogen) atoms. The fourth-order valence-electron chi connectivity index (χ4n) is 5.11. The molecule has 3 aliphatic rings. The third-order valence-electron chi connectivity index (χ3n) is 6.74. The van der Waals surface area contributed by atoms with E-state index < -0.39 is 0 Å². The molecule has 5 nitrogen and oxygen atoms in total. The molecule has 0 N–H and O–H groups in total. The van der Waals surface area contributed by atoms with Crippen molar-refractivity contribution in [1.29, 1.82) is 0 Å². The van der Waals surface area contributed by atoms with Gasteiger partial charge in [0.2, 0.25) is 0 Å². The first-order chi connectivity index (χ1) is 14.2. The molecule has 1 aromatic carbocycles. The minimum Gasteiger partial charge on any atom is -0.483 e. The van der Waals surface area contributed by atoms with Crippen LogP contribution in [0.5, 0.6) is 0 Å². The number of amides is 1. The Bertz CT molecular complexity index is 785. The number of nitrogens with zero attached hydrogens (tertiary/aromatic N) is 2. The molecule has 3 atom stereocenters. The lowest BCUT2D eigenvalue weighted by atomic mass is 9.77. The average molecular weight is 397 g/mol. The van der Waals surface area contributed by atoms with Crippen LogP contribution in [-0.4, -0.2) is 53.8 Å². The molecule has 1 amide bonds. The summed E-state index contributed by atoms with van der Waals surface area (Å²) in [6.45, 7) is 7.91. The molecule has 1 fully saturated rings. The normalized spacial score (nSPS) is 26.6. The summed E-state index contributed by atoms with van der Waals surface area (Å²) in [6, 6.07) is 9.65. The van der Waals surface area contributed by atoms with Crippen molar-refractivity contribution < 1.29 is 14.3 Å². The van der Waals surface area contributed by atoms with Gasteiger partial charge < -0.3 is 14.5 Å². The van der Waals surface area contributed by atoms with E-state index >= 15 is 0 Å². The van der Waals surface area contributed by atoms with E-state index in [1.165, 1.54) is 0 Å². The second kappa shape index (κ2) is 8.70. The number of hydrogen-bond donors (Lipinski definition) is 0. The monoisotopic (exact) mass is 396 g/mol. The van der Waals surface area contributed by atoms with E-state index in [1.807, 2.05) is 35.2 Å². The number of carbonyl (C=O) groups is 2. The van der Waals surface area contributed by atoms with Crippen molar-refractivity contribution in [2.24, 2.45) is 5.92 Å². The average Bonchev–Trinajstić information content (AvgIpc) is 3.04. The molecule has 1 saturated carbocycles. The number of carbonyl (C=O) groups excluding carboxylic acids is 2. The van der Waals surface area contributed by atoms with Crippen LogP contribution in [0.4, 0.5) is 0 Å². The Kier molecular flexibility index (Phi) is 6.04. The van der Waals surface area contributed by atoms with Crippen molar-refractivity contribution in [3.05, 3.63) is 47.2 Å². The van der Waals surface area contributed by atoms with Crippen molar-refractivity contribution in [2.45, 2.75) is 58.1 Å². The number of benzene rings is 1. The molecule has 1 aromatic rings. The lowest BCUT2D eigenvalue weighted by Gasteiger charge is -2.35. The summed E-state index contributed by atoms with van der Waals surface area (Å²) in [7, 11) is 0. The fourth-order valence-corrected chi connectivity index (χ4v) is 5.11. The number of rotatable bonds is 7. The van der Waals surface area contributed by atoms with E-state index in [2.05, 4.69) is 18.7 Å². The van der Waals surface area contributed by atoms with E-state index in [9.17, 15) is 9.59 Å². The Morgan fingerprint density at radius 2 is 1.79 bits per heavy atom. The van der Waals surface area contributed by atoms with Gasteiger partial charge in [-0.05, 0) is 50.9 Å². The van der Waals surface area contributed by atoms with Crippen molar-refractivity contribution in [3.8, 4) is 0 Å². The van der Waals surface area contributed by atoms with Crippen LogP contribution in [-0.2, 0) is 14.3 Å². The van der Waals surface area contributed by atoms with Crippen LogP contribution in [0.3, 0.4) is 0 Å². The van der Waals surface area contributed by atoms with Crippen LogP contribution in [0.2, 0.25) is 0 Å². The summed E-state index contributed by atoms with van der Waals surface area (Å²) < 4.78 is 6.21. The highest BCUT2D eigenvalue weighted by Crippen LogP contribution is 2.46. The summed E-state index contributed by atoms with van der Waals surface area (Å²) in [4.78, 5) is 31.0. The van der Waals surface area contributed by atoms with Gasteiger partial charge in [-0.15, -0.1) is 0 Å². The van der Waals surface area contributed by atoms with Crippen LogP contribution < -0.4 is 0 Å². The number of ketones is 1. The second-order valence-electron chi connectivity index (χ2n) is 8.35. The maximum Gasteiger partial charge on any atom is 0.290 e. The molecular formula is C24H32N2O3. The number of fused-ring (bicyclic) bond motifs is 1. The first kappa shape index (κ1) is 20.1. The molecule has 0 radical (unpaired) electrons. The van der Waals surface area contributed by atoms with Crippen LogP contribution in [0.25, 0.3) is 0 Å². The van der Waals surface area contributed by atoms with Crippen LogP contribution in [0.15, 0.2) is 41.7 Å². The SMILES string of the molecule is CCN(CC)CCCN1C(=O)C2=C(C(=O)C3CCCCC3O2)C1c1ccccc1. The molecule has 0 aromatic heterocycles. The van der Waals surface area contributed by atoms with Crippen molar-refractivity contribution in [3.63, 3.8) is 0 Å². The Morgan fingerprint density at radius 1 is 1.07 bits per heavy atom. The molecule has 2 aliphatic heterocycles. The maximum atomic E-state index is 13.5. The van der Waals surface area contributed by atoms with Gasteiger partial charge >= 0.3 is 0 Å². The van der Waals surface area contributed by atoms with Crippen molar-refractivity contribution >= 4 is 11.7 Å². The lowest BCUT2D eigenvalue weighted by Crippen LogP contribution is -2.39. The number of Topliss-reactive ketones (excluding diaryl/α,β-unsaturated/α-hetero) is 1. The van der Waals surface area contributed by atoms with Gasteiger partial charge in [0.25, 0.3) is 5.91 Å². The summed E-state index contributed by atoms with van der Waals surface area (Å²) in [5, 5.41) is 0. The molecule has 3 unspecified atom stereocenters. The predicted octanol–water partition coefficient (Wildman–Crippen LogP) is 3.71. The minimum atomic E-state index is -0.314. The highest BCUT2D eigenvalue weighted by atomic mass is 16.5. The van der Waals surface area contributed by atoms with Gasteiger partial charge in [0.1, 0.15) is 6.10 Å². The zero-order valence-corrected chi connectivity index (χ0v) is 17.6. The third-order valence-corrected chi connectivity index (χ3v) is 6.74. The number of hydrogen-bond acceptors (Lipinski definition) is 4. The second-order valence-corrected chi connectivity index (χ2v) is 8.35. The highest BCUT2D eigenvalue weighted by Gasteiger charge is 2.51. The van der Waals surface area contributed by atoms with Crippen molar-refractivity contribution in [2.75, 3.05) is 26.2 Å². The van der Waals surface area contributed by atoms with E-state index in [1.54, 1.807) is 0 Å². The highest BCUT2D eigenvalue weighted by molar-refractivity contribution is 6.11. The van der Waals surface area contributed by atoms with Crippen LogP contribution in [0, 0.1) is 5.92 Å². The molecule has 0 spiro atoms. The van der Waals surface area contributed by atoms with Gasteiger partial charge in [0.15, 0.2) is 11.5 Å². The summed E-state index contributed by atoms with van der Waals surface area (Å²) in [6.07, 6.45) is 4.65. The largest absolute Gasteiger partial charge is 0.483 e. The molecule has 2 heterocycles. The van der Waals surface area contributed by atoms with Gasteiger partial charge in [-0.1, -0.05) is 50.6 Å². The Labute approximate surface area is 173 Å². The minimum absolute atomic E-state index is 0.0860. The van der Waals surface area contributed by atoms with Crippen LogP contribution >= 0.6 is 0 Å². The van der Waals surface area contributed by atoms with E-state index in [0.29, 0.717) is 17.9 Å². The molecule has 1 aliphatic carbocycles.